The van der Waals surface area contributed by atoms with E-state index in [-0.39, 0.29) is 10.8 Å². The summed E-state index contributed by atoms with van der Waals surface area (Å²) in [6.45, 7) is 6.61. The Hall–Kier alpha value is -0.0700. The zero-order valence-corrected chi connectivity index (χ0v) is 7.65. The van der Waals surface area contributed by atoms with Crippen molar-refractivity contribution in [2.24, 2.45) is 16.7 Å². The Bertz CT molecular complexity index is 185. The van der Waals surface area contributed by atoms with Crippen LogP contribution in [0.15, 0.2) is 0 Å². The highest BCUT2D eigenvalue weighted by Gasteiger charge is 2.61. The maximum atomic E-state index is 13.5. The fourth-order valence-electron chi connectivity index (χ4n) is 3.11. The Kier molecular flexibility index (Phi) is 1.24. The summed E-state index contributed by atoms with van der Waals surface area (Å²) < 4.78 is 13.5. The van der Waals surface area contributed by atoms with Crippen molar-refractivity contribution in [3.8, 4) is 0 Å². The Labute approximate surface area is 68.2 Å². The first kappa shape index (κ1) is 7.57. The van der Waals surface area contributed by atoms with Gasteiger partial charge in [-0.25, -0.2) is 4.39 Å². The average molecular weight is 156 g/mol. The second-order valence-corrected chi connectivity index (χ2v) is 5.08. The fourth-order valence-corrected chi connectivity index (χ4v) is 3.11. The van der Waals surface area contributed by atoms with Gasteiger partial charge in [-0.3, -0.25) is 0 Å². The highest BCUT2D eigenvalue weighted by Crippen LogP contribution is 2.66. The summed E-state index contributed by atoms with van der Waals surface area (Å²) in [5.74, 6) is 0.655. The largest absolute Gasteiger partial charge is 0.247 e. The normalized spacial score (nSPS) is 53.5. The molecule has 3 unspecified atom stereocenters. The van der Waals surface area contributed by atoms with Gasteiger partial charge in [0.25, 0.3) is 0 Å². The van der Waals surface area contributed by atoms with Crippen molar-refractivity contribution < 1.29 is 4.39 Å². The predicted octanol–water partition coefficient (Wildman–Crippen LogP) is 3.17. The highest BCUT2D eigenvalue weighted by molar-refractivity contribution is 5.10. The number of hydrogen-bond donors (Lipinski definition) is 0. The molecule has 0 aromatic heterocycles. The molecule has 0 amide bonds. The van der Waals surface area contributed by atoms with Crippen LogP contribution < -0.4 is 0 Å². The minimum Gasteiger partial charge on any atom is -0.247 e. The summed E-state index contributed by atoms with van der Waals surface area (Å²) in [6.07, 6.45) is 2.65. The number of fused-ring (bicyclic) bond motifs is 2. The summed E-state index contributed by atoms with van der Waals surface area (Å²) in [7, 11) is 0. The molecule has 2 bridgehead atoms. The molecule has 0 N–H and O–H groups in total. The SMILES string of the molecule is CC1(C)C2CCC1(C)C(F)C2. The molecule has 0 aromatic rings. The van der Waals surface area contributed by atoms with Crippen LogP contribution >= 0.6 is 0 Å². The molecule has 0 aliphatic heterocycles. The van der Waals surface area contributed by atoms with Crippen LogP contribution in [0.1, 0.15) is 40.0 Å². The van der Waals surface area contributed by atoms with Crippen molar-refractivity contribution in [3.05, 3.63) is 0 Å². The summed E-state index contributed by atoms with van der Waals surface area (Å²) in [5.41, 5.74) is 0.254. The third kappa shape index (κ3) is 0.653. The monoisotopic (exact) mass is 156 g/mol. The zero-order chi connectivity index (χ0) is 8.28. The minimum absolute atomic E-state index is 0.00231. The second-order valence-electron chi connectivity index (χ2n) is 5.08. The van der Waals surface area contributed by atoms with Crippen LogP contribution in [0.2, 0.25) is 0 Å². The molecule has 2 rings (SSSR count). The summed E-state index contributed by atoms with van der Waals surface area (Å²) in [6, 6.07) is 0. The Morgan fingerprint density at radius 3 is 2.09 bits per heavy atom. The third-order valence-electron chi connectivity index (χ3n) is 4.69. The maximum Gasteiger partial charge on any atom is 0.106 e. The lowest BCUT2D eigenvalue weighted by Gasteiger charge is -2.35. The Morgan fingerprint density at radius 1 is 1.27 bits per heavy atom. The van der Waals surface area contributed by atoms with Crippen molar-refractivity contribution in [3.63, 3.8) is 0 Å². The predicted molar refractivity (Wildman–Crippen MR) is 44.1 cm³/mol. The van der Waals surface area contributed by atoms with Crippen molar-refractivity contribution in [2.45, 2.75) is 46.2 Å². The first-order valence-corrected chi connectivity index (χ1v) is 4.62. The molecule has 0 saturated heterocycles. The first-order valence-electron chi connectivity index (χ1n) is 4.62. The molecule has 0 heterocycles. The molecule has 1 heteroatoms. The van der Waals surface area contributed by atoms with E-state index in [1.54, 1.807) is 0 Å². The van der Waals surface area contributed by atoms with E-state index in [0.29, 0.717) is 5.92 Å². The molecule has 2 aliphatic carbocycles. The van der Waals surface area contributed by atoms with Crippen LogP contribution in [0, 0.1) is 16.7 Å². The zero-order valence-electron chi connectivity index (χ0n) is 7.65. The van der Waals surface area contributed by atoms with Crippen LogP contribution in [0.5, 0.6) is 0 Å². The van der Waals surface area contributed by atoms with E-state index in [4.69, 9.17) is 0 Å². The quantitative estimate of drug-likeness (QED) is 0.505. The maximum absolute atomic E-state index is 13.5. The number of halogens is 1. The molecule has 2 fully saturated rings. The smallest absolute Gasteiger partial charge is 0.106 e. The standard InChI is InChI=1S/C10H17F/c1-9(2)7-4-5-10(9,3)8(11)6-7/h7-8H,4-6H2,1-3H3. The minimum atomic E-state index is -0.531. The van der Waals surface area contributed by atoms with E-state index in [9.17, 15) is 4.39 Å². The summed E-state index contributed by atoms with van der Waals surface area (Å²) in [4.78, 5) is 0. The first-order chi connectivity index (χ1) is 4.98. The molecule has 0 aromatic carbocycles. The number of hydrogen-bond acceptors (Lipinski definition) is 0. The fraction of sp³-hybridized carbons (Fsp3) is 1.00. The summed E-state index contributed by atoms with van der Waals surface area (Å²) >= 11 is 0. The van der Waals surface area contributed by atoms with Crippen LogP contribution in [-0.2, 0) is 0 Å². The molecule has 3 atom stereocenters. The van der Waals surface area contributed by atoms with Gasteiger partial charge in [0.05, 0.1) is 0 Å². The van der Waals surface area contributed by atoms with E-state index in [0.717, 1.165) is 12.8 Å². The van der Waals surface area contributed by atoms with Crippen LogP contribution in [0.4, 0.5) is 4.39 Å². The van der Waals surface area contributed by atoms with Gasteiger partial charge in [-0.2, -0.15) is 0 Å². The van der Waals surface area contributed by atoms with Gasteiger partial charge in [0.2, 0.25) is 0 Å². The lowest BCUT2D eigenvalue weighted by atomic mass is 9.70. The lowest BCUT2D eigenvalue weighted by molar-refractivity contribution is 0.0737. The summed E-state index contributed by atoms with van der Waals surface area (Å²) in [5, 5.41) is 0. The molecule has 64 valence electrons. The van der Waals surface area contributed by atoms with Crippen LogP contribution in [0.25, 0.3) is 0 Å². The van der Waals surface area contributed by atoms with E-state index in [2.05, 4.69) is 20.8 Å². The van der Waals surface area contributed by atoms with E-state index >= 15 is 0 Å². The van der Waals surface area contributed by atoms with Gasteiger partial charge >= 0.3 is 0 Å². The third-order valence-corrected chi connectivity index (χ3v) is 4.69. The Morgan fingerprint density at radius 2 is 1.91 bits per heavy atom. The van der Waals surface area contributed by atoms with Gasteiger partial charge < -0.3 is 0 Å². The van der Waals surface area contributed by atoms with Gasteiger partial charge in [0.15, 0.2) is 0 Å². The Balaban J connectivity index is 2.40. The topological polar surface area (TPSA) is 0 Å². The van der Waals surface area contributed by atoms with Gasteiger partial charge in [-0.15, -0.1) is 0 Å². The number of rotatable bonds is 0. The second kappa shape index (κ2) is 1.81. The van der Waals surface area contributed by atoms with Crippen molar-refractivity contribution in [1.82, 2.24) is 0 Å². The van der Waals surface area contributed by atoms with Gasteiger partial charge in [-0.05, 0) is 30.6 Å². The molecule has 0 spiro atoms. The molecule has 2 saturated carbocycles. The molecule has 0 radical (unpaired) electrons. The molecular formula is C10H17F. The van der Waals surface area contributed by atoms with E-state index < -0.39 is 6.17 Å². The van der Waals surface area contributed by atoms with Gasteiger partial charge in [0, 0.05) is 5.41 Å². The highest BCUT2D eigenvalue weighted by atomic mass is 19.1. The van der Waals surface area contributed by atoms with Crippen LogP contribution in [0.3, 0.4) is 0 Å². The van der Waals surface area contributed by atoms with Crippen molar-refractivity contribution >= 4 is 0 Å². The van der Waals surface area contributed by atoms with Crippen LogP contribution in [-0.4, -0.2) is 6.17 Å². The van der Waals surface area contributed by atoms with Gasteiger partial charge in [-0.1, -0.05) is 20.8 Å². The van der Waals surface area contributed by atoms with E-state index in [1.807, 2.05) is 0 Å². The van der Waals surface area contributed by atoms with Crippen molar-refractivity contribution in [2.75, 3.05) is 0 Å². The van der Waals surface area contributed by atoms with E-state index in [1.165, 1.54) is 6.42 Å². The van der Waals surface area contributed by atoms with Gasteiger partial charge in [0.1, 0.15) is 6.17 Å². The van der Waals surface area contributed by atoms with Crippen molar-refractivity contribution in [1.29, 1.82) is 0 Å². The molecule has 0 nitrogen and oxygen atoms in total. The molecular weight excluding hydrogens is 139 g/mol. The molecule has 2 aliphatic rings. The molecule has 11 heavy (non-hydrogen) atoms. The average Bonchev–Trinajstić information content (AvgIpc) is 2.20. The number of alkyl halides is 1. The lowest BCUT2D eigenvalue weighted by Crippen LogP contribution is -2.33.